The monoisotopic (exact) mass is 603 g/mol. The second kappa shape index (κ2) is 13.0. The van der Waals surface area contributed by atoms with E-state index in [1.165, 1.54) is 61.7 Å². The number of aliphatic imine (C=N–C) groups is 1. The molecule has 1 N–H and O–H groups in total. The minimum Gasteiger partial charge on any atom is -0.478 e. The molecule has 0 fully saturated rings. The first-order valence-electron chi connectivity index (χ1n) is 12.6. The van der Waals surface area contributed by atoms with E-state index in [4.69, 9.17) is 4.74 Å². The molecule has 0 bridgehead atoms. The molecule has 43 heavy (non-hydrogen) atoms. The van der Waals surface area contributed by atoms with Gasteiger partial charge in [0.2, 0.25) is 0 Å². The normalized spacial score (nSPS) is 10.9. The third kappa shape index (κ3) is 6.36. The van der Waals surface area contributed by atoms with Gasteiger partial charge in [-0.25, -0.2) is 23.9 Å². The van der Waals surface area contributed by atoms with Gasteiger partial charge in [0, 0.05) is 12.3 Å². The first-order valence-corrected chi connectivity index (χ1v) is 13.4. The summed E-state index contributed by atoms with van der Waals surface area (Å²) in [6, 6.07) is 15.9. The van der Waals surface area contributed by atoms with Gasteiger partial charge in [-0.2, -0.15) is 0 Å². The van der Waals surface area contributed by atoms with Crippen LogP contribution in [0.5, 0.6) is 0 Å². The van der Waals surface area contributed by atoms with Gasteiger partial charge in [0.05, 0.1) is 27.7 Å². The number of imide groups is 1. The Labute approximate surface area is 247 Å². The maximum atomic E-state index is 14.2. The number of carboxylic acid groups (broad SMARTS) is 1. The van der Waals surface area contributed by atoms with Gasteiger partial charge in [0.25, 0.3) is 17.5 Å². The van der Waals surface area contributed by atoms with Crippen LogP contribution in [0.1, 0.15) is 58.8 Å². The molecule has 0 atom stereocenters. The van der Waals surface area contributed by atoms with E-state index in [2.05, 4.69) is 4.99 Å². The lowest BCUT2D eigenvalue weighted by Crippen LogP contribution is -2.38. The van der Waals surface area contributed by atoms with Crippen molar-refractivity contribution in [2.75, 3.05) is 11.5 Å². The minimum absolute atomic E-state index is 0.00571. The standard InChI is InChI=1S/C30H22FN3O8S/c1-3-42-30(39)23-17(2)25(43-26(23)32-16-18-12-14-19(31)15-13-18)28(36)33(20-8-5-4-6-9-20)27(35)24-21(29(37)38)10-7-11-22(24)34(40)41/h4-16H,3H2,1-2H3,(H,37,38). The van der Waals surface area contributed by atoms with Crippen LogP contribution in [0.2, 0.25) is 0 Å². The number of carbonyl (C=O) groups excluding carboxylic acids is 3. The molecule has 3 aromatic carbocycles. The summed E-state index contributed by atoms with van der Waals surface area (Å²) in [5.41, 5.74) is -1.72. The molecule has 13 heteroatoms. The fourth-order valence-corrected chi connectivity index (χ4v) is 5.20. The molecule has 0 saturated carbocycles. The Morgan fingerprint density at radius 2 is 1.67 bits per heavy atom. The number of rotatable bonds is 9. The summed E-state index contributed by atoms with van der Waals surface area (Å²) >= 11 is 0.761. The number of carbonyl (C=O) groups is 4. The van der Waals surface area contributed by atoms with Gasteiger partial charge < -0.3 is 9.84 Å². The number of anilines is 1. The lowest BCUT2D eigenvalue weighted by molar-refractivity contribution is -0.385. The van der Waals surface area contributed by atoms with Crippen molar-refractivity contribution < 1.29 is 38.3 Å². The number of nitro benzene ring substituents is 1. The molecule has 2 amide bonds. The molecule has 1 heterocycles. The van der Waals surface area contributed by atoms with Crippen LogP contribution in [0.3, 0.4) is 0 Å². The van der Waals surface area contributed by atoms with Gasteiger partial charge in [-0.1, -0.05) is 36.4 Å². The average Bonchev–Trinajstić information content (AvgIpc) is 3.32. The maximum Gasteiger partial charge on any atom is 0.341 e. The summed E-state index contributed by atoms with van der Waals surface area (Å²) in [4.78, 5) is 68.8. The molecular weight excluding hydrogens is 581 g/mol. The third-order valence-corrected chi connectivity index (χ3v) is 7.29. The highest BCUT2D eigenvalue weighted by molar-refractivity contribution is 7.18. The molecule has 0 aliphatic heterocycles. The number of esters is 1. The van der Waals surface area contributed by atoms with E-state index in [0.717, 1.165) is 29.5 Å². The number of nitrogens with zero attached hydrogens (tertiary/aromatic N) is 3. The quantitative estimate of drug-likeness (QED) is 0.0777. The largest absolute Gasteiger partial charge is 0.478 e. The van der Waals surface area contributed by atoms with Crippen LogP contribution in [-0.2, 0) is 4.74 Å². The predicted molar refractivity (Wildman–Crippen MR) is 156 cm³/mol. The Bertz CT molecular complexity index is 1740. The van der Waals surface area contributed by atoms with E-state index in [0.29, 0.717) is 10.5 Å². The van der Waals surface area contributed by atoms with E-state index in [9.17, 15) is 38.8 Å². The number of para-hydroxylation sites is 1. The van der Waals surface area contributed by atoms with Crippen LogP contribution in [0.15, 0.2) is 77.8 Å². The Balaban J connectivity index is 1.90. The minimum atomic E-state index is -1.61. The number of hydrogen-bond donors (Lipinski definition) is 1. The van der Waals surface area contributed by atoms with E-state index in [1.54, 1.807) is 13.0 Å². The smallest absolute Gasteiger partial charge is 0.341 e. The summed E-state index contributed by atoms with van der Waals surface area (Å²) in [7, 11) is 0. The highest BCUT2D eigenvalue weighted by Crippen LogP contribution is 2.38. The van der Waals surface area contributed by atoms with Gasteiger partial charge >= 0.3 is 11.9 Å². The maximum absolute atomic E-state index is 14.2. The lowest BCUT2D eigenvalue weighted by atomic mass is 10.0. The second-order valence-electron chi connectivity index (χ2n) is 8.81. The Kier molecular flexibility index (Phi) is 9.16. The number of thiophene rings is 1. The van der Waals surface area contributed by atoms with E-state index >= 15 is 0 Å². The second-order valence-corrected chi connectivity index (χ2v) is 9.81. The average molecular weight is 604 g/mol. The summed E-state index contributed by atoms with van der Waals surface area (Å²) in [5, 5.41) is 21.6. The van der Waals surface area contributed by atoms with Crippen molar-refractivity contribution in [2.45, 2.75) is 13.8 Å². The van der Waals surface area contributed by atoms with Gasteiger partial charge in [-0.05, 0) is 55.3 Å². The zero-order valence-electron chi connectivity index (χ0n) is 22.6. The first kappa shape index (κ1) is 30.4. The van der Waals surface area contributed by atoms with E-state index < -0.39 is 51.3 Å². The van der Waals surface area contributed by atoms with E-state index in [1.807, 2.05) is 0 Å². The number of benzene rings is 3. The number of aromatic carboxylic acids is 1. The Morgan fingerprint density at radius 3 is 2.28 bits per heavy atom. The zero-order valence-corrected chi connectivity index (χ0v) is 23.5. The summed E-state index contributed by atoms with van der Waals surface area (Å²) in [6.07, 6.45) is 1.36. The third-order valence-electron chi connectivity index (χ3n) is 6.11. The van der Waals surface area contributed by atoms with Crippen LogP contribution in [0, 0.1) is 22.9 Å². The fourth-order valence-electron chi connectivity index (χ4n) is 4.13. The molecule has 0 radical (unpaired) electrons. The Morgan fingerprint density at radius 1 is 1.00 bits per heavy atom. The van der Waals surface area contributed by atoms with Gasteiger partial charge in [0.15, 0.2) is 0 Å². The number of hydrogen-bond acceptors (Lipinski definition) is 9. The molecule has 0 aliphatic rings. The van der Waals surface area contributed by atoms with Crippen molar-refractivity contribution in [3.8, 4) is 0 Å². The summed E-state index contributed by atoms with van der Waals surface area (Å²) in [6.45, 7) is 3.06. The summed E-state index contributed by atoms with van der Waals surface area (Å²) < 4.78 is 18.5. The van der Waals surface area contributed by atoms with Crippen LogP contribution >= 0.6 is 11.3 Å². The van der Waals surface area contributed by atoms with Crippen molar-refractivity contribution in [3.63, 3.8) is 0 Å². The zero-order chi connectivity index (χ0) is 31.3. The van der Waals surface area contributed by atoms with Gasteiger partial charge in [-0.3, -0.25) is 19.7 Å². The van der Waals surface area contributed by atoms with Gasteiger partial charge in [-0.15, -0.1) is 11.3 Å². The SMILES string of the molecule is CCOC(=O)c1c(N=Cc2ccc(F)cc2)sc(C(=O)N(C(=O)c2c(C(=O)O)cccc2[N+](=O)[O-])c2ccccc2)c1C. The fraction of sp³-hybridized carbons (Fsp3) is 0.100. The highest BCUT2D eigenvalue weighted by atomic mass is 32.1. The van der Waals surface area contributed by atoms with Crippen LogP contribution in [0.4, 0.5) is 20.8 Å². The first-order chi connectivity index (χ1) is 20.5. The lowest BCUT2D eigenvalue weighted by Gasteiger charge is -2.21. The molecule has 0 spiro atoms. The number of amides is 2. The van der Waals surface area contributed by atoms with Crippen molar-refractivity contribution in [2.24, 2.45) is 4.99 Å². The summed E-state index contributed by atoms with van der Waals surface area (Å²) in [5.74, 6) is -5.10. The van der Waals surface area contributed by atoms with Crippen LogP contribution in [-0.4, -0.2) is 46.6 Å². The highest BCUT2D eigenvalue weighted by Gasteiger charge is 2.37. The molecule has 218 valence electrons. The Hall–Kier alpha value is -5.56. The number of carboxylic acids is 1. The van der Waals surface area contributed by atoms with Crippen molar-refractivity contribution in [3.05, 3.63) is 121 Å². The molecule has 4 rings (SSSR count). The molecule has 0 unspecified atom stereocenters. The van der Waals surface area contributed by atoms with Crippen LogP contribution in [0.25, 0.3) is 0 Å². The van der Waals surface area contributed by atoms with Crippen molar-refractivity contribution >= 4 is 57.7 Å². The number of ether oxygens (including phenoxy) is 1. The molecule has 4 aromatic rings. The molecule has 1 aromatic heterocycles. The van der Waals surface area contributed by atoms with Crippen molar-refractivity contribution in [1.29, 1.82) is 0 Å². The van der Waals surface area contributed by atoms with Gasteiger partial charge in [0.1, 0.15) is 21.9 Å². The van der Waals surface area contributed by atoms with E-state index in [-0.39, 0.29) is 33.3 Å². The number of nitro groups is 1. The van der Waals surface area contributed by atoms with Crippen molar-refractivity contribution in [1.82, 2.24) is 0 Å². The topological polar surface area (TPSA) is 156 Å². The number of halogens is 1. The molecule has 0 saturated heterocycles. The molecular formula is C30H22FN3O8S. The molecule has 11 nitrogen and oxygen atoms in total. The van der Waals surface area contributed by atoms with Crippen LogP contribution < -0.4 is 4.90 Å². The molecule has 0 aliphatic carbocycles. The predicted octanol–water partition coefficient (Wildman–Crippen LogP) is 6.22.